The van der Waals surface area contributed by atoms with Gasteiger partial charge in [-0.05, 0) is 36.6 Å². The quantitative estimate of drug-likeness (QED) is 0.707. The number of hydrogen-bond acceptors (Lipinski definition) is 5. The number of thiophene rings is 1. The number of carbonyl (C=O) groups excluding carboxylic acids is 3. The number of fused-ring (bicyclic) bond motifs is 2. The Hall–Kier alpha value is -2.65. The lowest BCUT2D eigenvalue weighted by Crippen LogP contribution is -2.48. The Morgan fingerprint density at radius 3 is 2.79 bits per heavy atom. The highest BCUT2D eigenvalue weighted by Gasteiger charge is 2.43. The van der Waals surface area contributed by atoms with Gasteiger partial charge in [-0.3, -0.25) is 14.4 Å². The van der Waals surface area contributed by atoms with Crippen molar-refractivity contribution in [1.82, 2.24) is 15.2 Å². The van der Waals surface area contributed by atoms with Crippen molar-refractivity contribution < 1.29 is 19.1 Å². The number of aromatic nitrogens is 1. The minimum atomic E-state index is -0.575. The molecule has 0 atom stereocenters. The molecule has 0 aromatic carbocycles. The number of nitrogens with zero attached hydrogens (tertiary/aromatic N) is 1. The third-order valence-electron chi connectivity index (χ3n) is 5.34. The highest BCUT2D eigenvalue weighted by atomic mass is 32.1. The molecule has 0 unspecified atom stereocenters. The van der Waals surface area contributed by atoms with E-state index in [1.54, 1.807) is 12.3 Å². The molecule has 0 saturated carbocycles. The summed E-state index contributed by atoms with van der Waals surface area (Å²) in [5.41, 5.74) is 6.27. The number of rotatable bonds is 4. The average Bonchev–Trinajstić information content (AvgIpc) is 3.37. The van der Waals surface area contributed by atoms with E-state index >= 15 is 0 Å². The first kappa shape index (κ1) is 18.7. The van der Waals surface area contributed by atoms with Crippen LogP contribution in [0, 0.1) is 0 Å². The monoisotopic (exact) mass is 402 g/mol. The molecule has 8 nitrogen and oxygen atoms in total. The van der Waals surface area contributed by atoms with Crippen molar-refractivity contribution in [2.75, 3.05) is 26.2 Å². The molecule has 2 aliphatic rings. The lowest BCUT2D eigenvalue weighted by molar-refractivity contribution is -0.117. The molecule has 2 aromatic rings. The first-order valence-electron chi connectivity index (χ1n) is 9.25. The van der Waals surface area contributed by atoms with Gasteiger partial charge >= 0.3 is 0 Å². The first-order valence-corrected chi connectivity index (χ1v) is 10.1. The Balaban J connectivity index is 1.49. The number of ether oxygens (including phenoxy) is 1. The third kappa shape index (κ3) is 3.43. The molecule has 0 radical (unpaired) electrons. The van der Waals surface area contributed by atoms with Crippen molar-refractivity contribution in [2.45, 2.75) is 24.9 Å². The molecule has 2 aromatic heterocycles. The predicted octanol–water partition coefficient (Wildman–Crippen LogP) is 0.995. The normalized spacial score (nSPS) is 17.9. The molecule has 0 aliphatic carbocycles. The van der Waals surface area contributed by atoms with Gasteiger partial charge in [0.05, 0.1) is 23.6 Å². The molecule has 2 aliphatic heterocycles. The molecular formula is C19H22N4O4S. The fraction of sp³-hybridized carbons (Fsp3) is 0.421. The summed E-state index contributed by atoms with van der Waals surface area (Å²) in [7, 11) is 0. The number of amides is 3. The van der Waals surface area contributed by atoms with Gasteiger partial charge in [0.2, 0.25) is 5.91 Å². The van der Waals surface area contributed by atoms with E-state index in [4.69, 9.17) is 10.5 Å². The second-order valence-corrected chi connectivity index (χ2v) is 8.20. The van der Waals surface area contributed by atoms with E-state index in [0.29, 0.717) is 43.1 Å². The highest BCUT2D eigenvalue weighted by molar-refractivity contribution is 7.14. The standard InChI is InChI=1S/C19H22N4O4S/c20-16(24)11-22-17(25)15-10-12-14(28-15)3-9-27-19(12)4-7-23(8-5-19)18(26)13-2-1-6-21-13/h1-2,6,10,21H,3-5,7-9,11H2,(H2,20,24)(H,22,25). The summed E-state index contributed by atoms with van der Waals surface area (Å²) in [6.07, 6.45) is 3.87. The van der Waals surface area contributed by atoms with E-state index in [1.165, 1.54) is 11.3 Å². The number of nitrogens with one attached hydrogen (secondary N) is 2. The van der Waals surface area contributed by atoms with Crippen molar-refractivity contribution in [3.63, 3.8) is 0 Å². The van der Waals surface area contributed by atoms with Gasteiger partial charge in [0.1, 0.15) is 5.69 Å². The third-order valence-corrected chi connectivity index (χ3v) is 6.53. The lowest BCUT2D eigenvalue weighted by Gasteiger charge is -2.44. The molecule has 1 saturated heterocycles. The minimum Gasteiger partial charge on any atom is -0.370 e. The summed E-state index contributed by atoms with van der Waals surface area (Å²) >= 11 is 1.44. The Morgan fingerprint density at radius 2 is 2.11 bits per heavy atom. The smallest absolute Gasteiger partial charge is 0.270 e. The zero-order valence-electron chi connectivity index (χ0n) is 15.3. The molecule has 0 bridgehead atoms. The van der Waals surface area contributed by atoms with E-state index in [0.717, 1.165) is 16.9 Å². The van der Waals surface area contributed by atoms with Crippen LogP contribution in [0.3, 0.4) is 0 Å². The Bertz CT molecular complexity index is 897. The fourth-order valence-electron chi connectivity index (χ4n) is 3.90. The number of nitrogens with two attached hydrogens (primary N) is 1. The predicted molar refractivity (Wildman–Crippen MR) is 103 cm³/mol. The molecule has 9 heteroatoms. The summed E-state index contributed by atoms with van der Waals surface area (Å²) in [6.45, 7) is 1.60. The number of primary amides is 1. The van der Waals surface area contributed by atoms with Crippen LogP contribution in [0.15, 0.2) is 24.4 Å². The molecule has 3 amide bonds. The van der Waals surface area contributed by atoms with E-state index in [1.807, 2.05) is 17.0 Å². The van der Waals surface area contributed by atoms with E-state index < -0.39 is 11.5 Å². The van der Waals surface area contributed by atoms with Crippen molar-refractivity contribution in [1.29, 1.82) is 0 Å². The molecule has 1 fully saturated rings. The largest absolute Gasteiger partial charge is 0.370 e. The maximum Gasteiger partial charge on any atom is 0.270 e. The van der Waals surface area contributed by atoms with Crippen LogP contribution in [0.2, 0.25) is 0 Å². The molecular weight excluding hydrogens is 380 g/mol. The maximum atomic E-state index is 12.6. The molecule has 4 rings (SSSR count). The van der Waals surface area contributed by atoms with Crippen LogP contribution in [0.25, 0.3) is 0 Å². The molecule has 28 heavy (non-hydrogen) atoms. The zero-order valence-corrected chi connectivity index (χ0v) is 16.1. The molecule has 4 N–H and O–H groups in total. The zero-order chi connectivity index (χ0) is 19.7. The van der Waals surface area contributed by atoms with E-state index in [-0.39, 0.29) is 18.4 Å². The number of likely N-dealkylation sites (tertiary alicyclic amines) is 1. The summed E-state index contributed by atoms with van der Waals surface area (Å²) in [6, 6.07) is 5.46. The van der Waals surface area contributed by atoms with Crippen LogP contribution in [-0.4, -0.2) is 53.8 Å². The molecule has 1 spiro atoms. The minimum absolute atomic E-state index is 0.00674. The Morgan fingerprint density at radius 1 is 1.32 bits per heavy atom. The summed E-state index contributed by atoms with van der Waals surface area (Å²) < 4.78 is 6.20. The van der Waals surface area contributed by atoms with Gasteiger partial charge in [-0.15, -0.1) is 11.3 Å². The van der Waals surface area contributed by atoms with Crippen LogP contribution < -0.4 is 11.1 Å². The summed E-state index contributed by atoms with van der Waals surface area (Å²) in [4.78, 5) is 42.3. The summed E-state index contributed by atoms with van der Waals surface area (Å²) in [5.74, 6) is -0.881. The van der Waals surface area contributed by atoms with Gasteiger partial charge in [-0.2, -0.15) is 0 Å². The van der Waals surface area contributed by atoms with Gasteiger partial charge < -0.3 is 25.7 Å². The van der Waals surface area contributed by atoms with Crippen molar-refractivity contribution in [3.8, 4) is 0 Å². The SMILES string of the molecule is NC(=O)CNC(=O)c1cc2c(s1)CCOC21CCN(C(=O)c2ccc[nH]2)CC1. The van der Waals surface area contributed by atoms with Gasteiger partial charge in [0.15, 0.2) is 0 Å². The topological polar surface area (TPSA) is 118 Å². The van der Waals surface area contributed by atoms with Gasteiger partial charge in [0.25, 0.3) is 11.8 Å². The van der Waals surface area contributed by atoms with Crippen LogP contribution in [0.1, 0.15) is 43.4 Å². The van der Waals surface area contributed by atoms with Gasteiger partial charge in [-0.1, -0.05) is 0 Å². The van der Waals surface area contributed by atoms with Gasteiger partial charge in [-0.25, -0.2) is 0 Å². The fourth-order valence-corrected chi connectivity index (χ4v) is 5.05. The Labute approximate surface area is 166 Å². The second-order valence-electron chi connectivity index (χ2n) is 7.07. The average molecular weight is 402 g/mol. The Kier molecular flexibility index (Phi) is 4.94. The number of hydrogen-bond donors (Lipinski definition) is 3. The van der Waals surface area contributed by atoms with E-state index in [2.05, 4.69) is 10.3 Å². The van der Waals surface area contributed by atoms with Crippen molar-refractivity contribution in [3.05, 3.63) is 45.4 Å². The number of carbonyl (C=O) groups is 3. The lowest BCUT2D eigenvalue weighted by atomic mass is 9.82. The van der Waals surface area contributed by atoms with Crippen LogP contribution in [0.5, 0.6) is 0 Å². The highest BCUT2D eigenvalue weighted by Crippen LogP contribution is 2.44. The second kappa shape index (κ2) is 7.40. The van der Waals surface area contributed by atoms with Gasteiger partial charge in [0, 0.05) is 30.6 Å². The first-order chi connectivity index (χ1) is 13.5. The number of piperidine rings is 1. The summed E-state index contributed by atoms with van der Waals surface area (Å²) in [5, 5.41) is 2.54. The molecule has 148 valence electrons. The van der Waals surface area contributed by atoms with E-state index in [9.17, 15) is 14.4 Å². The van der Waals surface area contributed by atoms with Crippen LogP contribution in [-0.2, 0) is 21.6 Å². The van der Waals surface area contributed by atoms with Crippen molar-refractivity contribution >= 4 is 29.1 Å². The van der Waals surface area contributed by atoms with Crippen LogP contribution >= 0.6 is 11.3 Å². The molecule has 4 heterocycles. The van der Waals surface area contributed by atoms with Crippen molar-refractivity contribution in [2.24, 2.45) is 5.73 Å². The van der Waals surface area contributed by atoms with Crippen LogP contribution in [0.4, 0.5) is 0 Å². The number of H-pyrrole nitrogens is 1. The number of aromatic amines is 1. The maximum absolute atomic E-state index is 12.6.